The molecule has 0 saturated heterocycles. The highest BCUT2D eigenvalue weighted by Crippen LogP contribution is 2.02. The average Bonchev–Trinajstić information content (AvgIpc) is 1.97. The molecule has 0 aliphatic heterocycles. The van der Waals surface area contributed by atoms with Gasteiger partial charge in [0, 0.05) is 19.3 Å². The summed E-state index contributed by atoms with van der Waals surface area (Å²) in [6, 6.07) is 0. The standard InChI is InChI=1S/C8H14OS/c1-3-4-5-7-10-8-6-9-2/h1H,4-8H2,2H3. The molecule has 0 bridgehead atoms. The quantitative estimate of drug-likeness (QED) is 0.430. The van der Waals surface area contributed by atoms with Gasteiger partial charge in [-0.1, -0.05) is 0 Å². The first-order valence-corrected chi connectivity index (χ1v) is 4.57. The van der Waals surface area contributed by atoms with Crippen molar-refractivity contribution in [3.63, 3.8) is 0 Å². The second kappa shape index (κ2) is 8.87. The molecule has 0 aliphatic rings. The van der Waals surface area contributed by atoms with Crippen LogP contribution in [0.3, 0.4) is 0 Å². The van der Waals surface area contributed by atoms with Crippen LogP contribution in [0.25, 0.3) is 0 Å². The van der Waals surface area contributed by atoms with Gasteiger partial charge in [-0.05, 0) is 12.2 Å². The Kier molecular flexibility index (Phi) is 8.75. The van der Waals surface area contributed by atoms with Crippen LogP contribution in [0, 0.1) is 12.3 Å². The summed E-state index contributed by atoms with van der Waals surface area (Å²) < 4.78 is 4.89. The summed E-state index contributed by atoms with van der Waals surface area (Å²) in [6.45, 7) is 0.848. The van der Waals surface area contributed by atoms with E-state index in [0.717, 1.165) is 31.0 Å². The summed E-state index contributed by atoms with van der Waals surface area (Å²) in [6.07, 6.45) is 7.12. The molecule has 0 unspecified atom stereocenters. The van der Waals surface area contributed by atoms with Crippen LogP contribution in [-0.4, -0.2) is 25.2 Å². The first-order valence-electron chi connectivity index (χ1n) is 3.42. The number of ether oxygens (including phenoxy) is 1. The van der Waals surface area contributed by atoms with Crippen molar-refractivity contribution >= 4 is 11.8 Å². The molecule has 0 amide bonds. The molecular weight excluding hydrogens is 144 g/mol. The average molecular weight is 158 g/mol. The summed E-state index contributed by atoms with van der Waals surface area (Å²) >= 11 is 1.90. The normalized spacial score (nSPS) is 9.20. The van der Waals surface area contributed by atoms with Gasteiger partial charge in [-0.3, -0.25) is 0 Å². The van der Waals surface area contributed by atoms with E-state index in [1.54, 1.807) is 7.11 Å². The van der Waals surface area contributed by atoms with E-state index in [1.165, 1.54) is 0 Å². The maximum atomic E-state index is 5.09. The Morgan fingerprint density at radius 2 is 2.30 bits per heavy atom. The fraction of sp³-hybridized carbons (Fsp3) is 0.750. The molecule has 2 heteroatoms. The highest BCUT2D eigenvalue weighted by atomic mass is 32.2. The van der Waals surface area contributed by atoms with Crippen molar-refractivity contribution in [2.75, 3.05) is 25.2 Å². The van der Waals surface area contributed by atoms with Gasteiger partial charge in [0.05, 0.1) is 6.61 Å². The lowest BCUT2D eigenvalue weighted by molar-refractivity contribution is 0.218. The van der Waals surface area contributed by atoms with Gasteiger partial charge in [-0.25, -0.2) is 0 Å². The highest BCUT2D eigenvalue weighted by Gasteiger charge is 1.86. The lowest BCUT2D eigenvalue weighted by atomic mass is 10.4. The van der Waals surface area contributed by atoms with Crippen LogP contribution in [0.1, 0.15) is 12.8 Å². The van der Waals surface area contributed by atoms with E-state index in [1.807, 2.05) is 11.8 Å². The Morgan fingerprint density at radius 1 is 1.50 bits per heavy atom. The van der Waals surface area contributed by atoms with Gasteiger partial charge < -0.3 is 4.74 Å². The van der Waals surface area contributed by atoms with Crippen molar-refractivity contribution in [3.8, 4) is 12.3 Å². The molecule has 0 aliphatic carbocycles. The summed E-state index contributed by atoms with van der Waals surface area (Å²) in [5.74, 6) is 4.86. The summed E-state index contributed by atoms with van der Waals surface area (Å²) in [4.78, 5) is 0. The minimum absolute atomic E-state index is 0.848. The number of rotatable bonds is 6. The molecule has 0 rings (SSSR count). The number of hydrogen-bond donors (Lipinski definition) is 0. The predicted octanol–water partition coefficient (Wildman–Crippen LogP) is 1.78. The maximum Gasteiger partial charge on any atom is 0.0552 e. The third kappa shape index (κ3) is 7.87. The zero-order valence-corrected chi connectivity index (χ0v) is 7.25. The molecule has 0 fully saturated rings. The number of terminal acetylenes is 1. The van der Waals surface area contributed by atoms with Gasteiger partial charge in [-0.2, -0.15) is 11.8 Å². The number of thioether (sulfide) groups is 1. The minimum atomic E-state index is 0.848. The minimum Gasteiger partial charge on any atom is -0.384 e. The molecule has 0 saturated carbocycles. The van der Waals surface area contributed by atoms with Gasteiger partial charge in [0.2, 0.25) is 0 Å². The second-order valence-electron chi connectivity index (χ2n) is 1.91. The van der Waals surface area contributed by atoms with E-state index in [-0.39, 0.29) is 0 Å². The monoisotopic (exact) mass is 158 g/mol. The molecule has 1 nitrogen and oxygen atoms in total. The van der Waals surface area contributed by atoms with Crippen LogP contribution in [0.5, 0.6) is 0 Å². The maximum absolute atomic E-state index is 5.09. The SMILES string of the molecule is C#CCCCSCCOC. The fourth-order valence-corrected chi connectivity index (χ4v) is 1.36. The van der Waals surface area contributed by atoms with E-state index in [4.69, 9.17) is 11.2 Å². The molecule has 0 heterocycles. The molecule has 0 aromatic carbocycles. The van der Waals surface area contributed by atoms with Crippen LogP contribution in [-0.2, 0) is 4.74 Å². The summed E-state index contributed by atoms with van der Waals surface area (Å²) in [7, 11) is 1.72. The van der Waals surface area contributed by atoms with E-state index in [0.29, 0.717) is 0 Å². The third-order valence-corrected chi connectivity index (χ3v) is 2.07. The molecule has 0 spiro atoms. The zero-order chi connectivity index (χ0) is 7.66. The van der Waals surface area contributed by atoms with Crippen LogP contribution < -0.4 is 0 Å². The van der Waals surface area contributed by atoms with Crippen molar-refractivity contribution < 1.29 is 4.74 Å². The Hall–Kier alpha value is -0.130. The van der Waals surface area contributed by atoms with Crippen LogP contribution >= 0.6 is 11.8 Å². The Morgan fingerprint density at radius 3 is 2.90 bits per heavy atom. The molecule has 0 aromatic heterocycles. The van der Waals surface area contributed by atoms with Gasteiger partial charge in [-0.15, -0.1) is 12.3 Å². The van der Waals surface area contributed by atoms with E-state index in [9.17, 15) is 0 Å². The van der Waals surface area contributed by atoms with Gasteiger partial charge in [0.1, 0.15) is 0 Å². The van der Waals surface area contributed by atoms with Crippen molar-refractivity contribution in [3.05, 3.63) is 0 Å². The predicted molar refractivity (Wildman–Crippen MR) is 47.3 cm³/mol. The molecular formula is C8H14OS. The topological polar surface area (TPSA) is 9.23 Å². The van der Waals surface area contributed by atoms with Crippen molar-refractivity contribution in [1.82, 2.24) is 0 Å². The van der Waals surface area contributed by atoms with Crippen molar-refractivity contribution in [2.24, 2.45) is 0 Å². The molecule has 0 radical (unpaired) electrons. The molecule has 58 valence electrons. The van der Waals surface area contributed by atoms with Gasteiger partial charge in [0.25, 0.3) is 0 Å². The molecule has 0 atom stereocenters. The van der Waals surface area contributed by atoms with E-state index in [2.05, 4.69) is 5.92 Å². The first kappa shape index (κ1) is 9.87. The largest absolute Gasteiger partial charge is 0.384 e. The third-order valence-electron chi connectivity index (χ3n) is 1.04. The molecule has 10 heavy (non-hydrogen) atoms. The smallest absolute Gasteiger partial charge is 0.0552 e. The summed E-state index contributed by atoms with van der Waals surface area (Å²) in [5, 5.41) is 0. The lowest BCUT2D eigenvalue weighted by Gasteiger charge is -1.97. The molecule has 0 aromatic rings. The Balaban J connectivity index is 2.72. The van der Waals surface area contributed by atoms with Gasteiger partial charge >= 0.3 is 0 Å². The fourth-order valence-electron chi connectivity index (χ4n) is 0.521. The first-order chi connectivity index (χ1) is 4.91. The lowest BCUT2D eigenvalue weighted by Crippen LogP contribution is -1.92. The van der Waals surface area contributed by atoms with Crippen molar-refractivity contribution in [1.29, 1.82) is 0 Å². The Bertz CT molecular complexity index is 95.9. The number of methoxy groups -OCH3 is 1. The van der Waals surface area contributed by atoms with Crippen molar-refractivity contribution in [2.45, 2.75) is 12.8 Å². The zero-order valence-electron chi connectivity index (χ0n) is 6.43. The van der Waals surface area contributed by atoms with E-state index >= 15 is 0 Å². The van der Waals surface area contributed by atoms with Crippen LogP contribution in [0.2, 0.25) is 0 Å². The number of hydrogen-bond acceptors (Lipinski definition) is 2. The number of unbranched alkanes of at least 4 members (excludes halogenated alkanes) is 1. The Labute approximate surface area is 67.5 Å². The highest BCUT2D eigenvalue weighted by molar-refractivity contribution is 7.99. The van der Waals surface area contributed by atoms with Crippen LogP contribution in [0.4, 0.5) is 0 Å². The molecule has 0 N–H and O–H groups in total. The van der Waals surface area contributed by atoms with Crippen LogP contribution in [0.15, 0.2) is 0 Å². The summed E-state index contributed by atoms with van der Waals surface area (Å²) in [5.41, 5.74) is 0. The van der Waals surface area contributed by atoms with Gasteiger partial charge in [0.15, 0.2) is 0 Å². The second-order valence-corrected chi connectivity index (χ2v) is 3.14. The van der Waals surface area contributed by atoms with E-state index < -0.39 is 0 Å².